The van der Waals surface area contributed by atoms with Crippen molar-refractivity contribution in [3.05, 3.63) is 35.4 Å². The molecule has 18 heavy (non-hydrogen) atoms. The van der Waals surface area contributed by atoms with Crippen LogP contribution in [-0.4, -0.2) is 13.1 Å². The number of benzene rings is 1. The number of hydrogen-bond donors (Lipinski definition) is 1. The van der Waals surface area contributed by atoms with E-state index in [1.165, 1.54) is 18.9 Å². The largest absolute Gasteiger partial charge is 0.317 e. The molecule has 1 saturated carbocycles. The lowest BCUT2D eigenvalue weighted by Crippen LogP contribution is -2.26. The van der Waals surface area contributed by atoms with Gasteiger partial charge in [0.05, 0.1) is 0 Å². The minimum atomic E-state index is -0.494. The molecule has 0 aliphatic heterocycles. The van der Waals surface area contributed by atoms with E-state index in [2.05, 4.69) is 12.2 Å². The molecule has 3 heteroatoms. The fourth-order valence-electron chi connectivity index (χ4n) is 2.95. The summed E-state index contributed by atoms with van der Waals surface area (Å²) >= 11 is 0. The molecule has 2 atom stereocenters. The molecule has 0 spiro atoms. The molecule has 2 unspecified atom stereocenters. The molecule has 1 aromatic carbocycles. The van der Waals surface area contributed by atoms with Crippen LogP contribution in [0.3, 0.4) is 0 Å². The highest BCUT2D eigenvalue weighted by molar-refractivity contribution is 5.19. The van der Waals surface area contributed by atoms with E-state index in [0.717, 1.165) is 32.0 Å². The van der Waals surface area contributed by atoms with E-state index in [1.807, 2.05) is 0 Å². The molecule has 100 valence electrons. The summed E-state index contributed by atoms with van der Waals surface area (Å²) in [4.78, 5) is 0. The molecular formula is C15H21F2N. The Morgan fingerprint density at radius 1 is 1.22 bits per heavy atom. The Kier molecular flexibility index (Phi) is 4.70. The Morgan fingerprint density at radius 2 is 2.00 bits per heavy atom. The third-order valence-corrected chi connectivity index (χ3v) is 3.97. The van der Waals surface area contributed by atoms with Crippen molar-refractivity contribution < 1.29 is 8.78 Å². The monoisotopic (exact) mass is 253 g/mol. The minimum Gasteiger partial charge on any atom is -0.317 e. The quantitative estimate of drug-likeness (QED) is 0.846. The van der Waals surface area contributed by atoms with Crippen LogP contribution in [0.2, 0.25) is 0 Å². The van der Waals surface area contributed by atoms with Gasteiger partial charge in [-0.2, -0.15) is 0 Å². The van der Waals surface area contributed by atoms with Crippen LogP contribution in [0.25, 0.3) is 0 Å². The topological polar surface area (TPSA) is 12.0 Å². The van der Waals surface area contributed by atoms with Crippen molar-refractivity contribution >= 4 is 0 Å². The second kappa shape index (κ2) is 6.28. The first-order chi connectivity index (χ1) is 8.70. The van der Waals surface area contributed by atoms with Gasteiger partial charge < -0.3 is 5.32 Å². The first kappa shape index (κ1) is 13.5. The fourth-order valence-corrected chi connectivity index (χ4v) is 2.95. The lowest BCUT2D eigenvalue weighted by atomic mass is 9.89. The number of nitrogens with one attached hydrogen (secondary N) is 1. The van der Waals surface area contributed by atoms with Crippen LogP contribution in [-0.2, 0) is 6.42 Å². The van der Waals surface area contributed by atoms with Gasteiger partial charge in [0, 0.05) is 6.07 Å². The van der Waals surface area contributed by atoms with Crippen LogP contribution in [0.1, 0.15) is 31.7 Å². The van der Waals surface area contributed by atoms with Crippen molar-refractivity contribution in [1.82, 2.24) is 5.32 Å². The standard InChI is InChI=1S/C15H21F2N/c1-2-18-10-13-5-3-4-11(13)8-12-6-7-14(16)9-15(12)17/h6-7,9,11,13,18H,2-5,8,10H2,1H3. The summed E-state index contributed by atoms with van der Waals surface area (Å²) in [7, 11) is 0. The van der Waals surface area contributed by atoms with Gasteiger partial charge in [0.25, 0.3) is 0 Å². The Labute approximate surface area is 108 Å². The normalized spacial score (nSPS) is 23.5. The average molecular weight is 253 g/mol. The van der Waals surface area contributed by atoms with Gasteiger partial charge in [-0.3, -0.25) is 0 Å². The van der Waals surface area contributed by atoms with E-state index < -0.39 is 11.6 Å². The van der Waals surface area contributed by atoms with E-state index >= 15 is 0 Å². The van der Waals surface area contributed by atoms with Crippen molar-refractivity contribution in [1.29, 1.82) is 0 Å². The van der Waals surface area contributed by atoms with E-state index in [1.54, 1.807) is 6.07 Å². The molecule has 0 heterocycles. The first-order valence-electron chi connectivity index (χ1n) is 6.85. The maximum atomic E-state index is 13.6. The van der Waals surface area contributed by atoms with Crippen molar-refractivity contribution in [2.75, 3.05) is 13.1 Å². The first-order valence-corrected chi connectivity index (χ1v) is 6.85. The highest BCUT2D eigenvalue weighted by Gasteiger charge is 2.27. The van der Waals surface area contributed by atoms with E-state index in [-0.39, 0.29) is 0 Å². The summed E-state index contributed by atoms with van der Waals surface area (Å²) in [6.07, 6.45) is 4.35. The van der Waals surface area contributed by atoms with Gasteiger partial charge in [-0.25, -0.2) is 8.78 Å². The fraction of sp³-hybridized carbons (Fsp3) is 0.600. The maximum absolute atomic E-state index is 13.6. The highest BCUT2D eigenvalue weighted by Crippen LogP contribution is 2.34. The SMILES string of the molecule is CCNCC1CCCC1Cc1ccc(F)cc1F. The van der Waals surface area contributed by atoms with Gasteiger partial charge in [0.2, 0.25) is 0 Å². The third kappa shape index (κ3) is 3.29. The average Bonchev–Trinajstić information content (AvgIpc) is 2.77. The van der Waals surface area contributed by atoms with Crippen LogP contribution >= 0.6 is 0 Å². The number of rotatable bonds is 5. The van der Waals surface area contributed by atoms with Gasteiger partial charge in [-0.15, -0.1) is 0 Å². The zero-order chi connectivity index (χ0) is 13.0. The Morgan fingerprint density at radius 3 is 2.72 bits per heavy atom. The number of hydrogen-bond acceptors (Lipinski definition) is 1. The Balaban J connectivity index is 1.99. The second-order valence-corrected chi connectivity index (χ2v) is 5.20. The lowest BCUT2D eigenvalue weighted by molar-refractivity contribution is 0.364. The van der Waals surface area contributed by atoms with E-state index in [9.17, 15) is 8.78 Å². The summed E-state index contributed by atoms with van der Waals surface area (Å²) in [6.45, 7) is 4.10. The molecular weight excluding hydrogens is 232 g/mol. The van der Waals surface area contributed by atoms with Crippen molar-refractivity contribution in [2.24, 2.45) is 11.8 Å². The van der Waals surface area contributed by atoms with Crippen LogP contribution in [0, 0.1) is 23.5 Å². The molecule has 1 aliphatic rings. The van der Waals surface area contributed by atoms with Crippen molar-refractivity contribution in [3.63, 3.8) is 0 Å². The van der Waals surface area contributed by atoms with E-state index in [0.29, 0.717) is 17.4 Å². The summed E-state index contributed by atoms with van der Waals surface area (Å²) < 4.78 is 26.5. The molecule has 0 radical (unpaired) electrons. The van der Waals surface area contributed by atoms with Gasteiger partial charge in [-0.05, 0) is 55.8 Å². The zero-order valence-corrected chi connectivity index (χ0v) is 10.9. The lowest BCUT2D eigenvalue weighted by Gasteiger charge is -2.20. The highest BCUT2D eigenvalue weighted by atomic mass is 19.1. The second-order valence-electron chi connectivity index (χ2n) is 5.20. The van der Waals surface area contributed by atoms with Crippen LogP contribution < -0.4 is 5.32 Å². The predicted molar refractivity (Wildman–Crippen MR) is 69.4 cm³/mol. The van der Waals surface area contributed by atoms with E-state index in [4.69, 9.17) is 0 Å². The van der Waals surface area contributed by atoms with Crippen LogP contribution in [0.15, 0.2) is 18.2 Å². The van der Waals surface area contributed by atoms with Crippen LogP contribution in [0.4, 0.5) is 8.78 Å². The summed E-state index contributed by atoms with van der Waals surface area (Å²) in [5.41, 5.74) is 0.657. The minimum absolute atomic E-state index is 0.399. The smallest absolute Gasteiger partial charge is 0.129 e. The van der Waals surface area contributed by atoms with Gasteiger partial charge >= 0.3 is 0 Å². The van der Waals surface area contributed by atoms with Crippen molar-refractivity contribution in [2.45, 2.75) is 32.6 Å². The van der Waals surface area contributed by atoms with Gasteiger partial charge in [0.1, 0.15) is 11.6 Å². The van der Waals surface area contributed by atoms with Gasteiger partial charge in [-0.1, -0.05) is 19.4 Å². The Hall–Kier alpha value is -0.960. The summed E-state index contributed by atoms with van der Waals surface area (Å²) in [5.74, 6) is 0.273. The molecule has 0 saturated heterocycles. The maximum Gasteiger partial charge on any atom is 0.129 e. The molecule has 0 bridgehead atoms. The predicted octanol–water partition coefficient (Wildman–Crippen LogP) is 3.53. The van der Waals surface area contributed by atoms with Crippen LogP contribution in [0.5, 0.6) is 0 Å². The third-order valence-electron chi connectivity index (χ3n) is 3.97. The molecule has 1 aromatic rings. The molecule has 1 fully saturated rings. The molecule has 0 aromatic heterocycles. The molecule has 2 rings (SSSR count). The summed E-state index contributed by atoms with van der Waals surface area (Å²) in [6, 6.07) is 3.93. The molecule has 1 N–H and O–H groups in total. The molecule has 1 aliphatic carbocycles. The molecule has 0 amide bonds. The summed E-state index contributed by atoms with van der Waals surface area (Å²) in [5, 5.41) is 3.38. The van der Waals surface area contributed by atoms with Gasteiger partial charge in [0.15, 0.2) is 0 Å². The van der Waals surface area contributed by atoms with Crippen molar-refractivity contribution in [3.8, 4) is 0 Å². The Bertz CT molecular complexity index is 392. The molecule has 1 nitrogen and oxygen atoms in total. The number of halogens is 2. The zero-order valence-electron chi connectivity index (χ0n) is 10.9.